The minimum atomic E-state index is -0.727. The quantitative estimate of drug-likeness (QED) is 0.704. The third kappa shape index (κ3) is 3.44. The summed E-state index contributed by atoms with van der Waals surface area (Å²) in [5, 5.41) is 3.76. The van der Waals surface area contributed by atoms with Crippen LogP contribution in [0, 0.1) is 20.8 Å². The van der Waals surface area contributed by atoms with Crippen LogP contribution in [0.25, 0.3) is 10.2 Å². The summed E-state index contributed by atoms with van der Waals surface area (Å²) in [6, 6.07) is 4.24. The van der Waals surface area contributed by atoms with Crippen LogP contribution in [0.5, 0.6) is 5.75 Å². The zero-order chi connectivity index (χ0) is 19.9. The Morgan fingerprint density at radius 1 is 1.33 bits per heavy atom. The SMILES string of the molecule is COc1ccc(NC(=O)C(C)n2c(C)nc3sc(C)c(C)c3c2=O)cc1Cl. The highest BCUT2D eigenvalue weighted by Gasteiger charge is 2.22. The fourth-order valence-corrected chi connectivity index (χ4v) is 4.30. The number of hydrogen-bond donors (Lipinski definition) is 1. The van der Waals surface area contributed by atoms with Crippen LogP contribution in [0.2, 0.25) is 5.02 Å². The summed E-state index contributed by atoms with van der Waals surface area (Å²) >= 11 is 7.60. The second-order valence-corrected chi connectivity index (χ2v) is 7.92. The van der Waals surface area contributed by atoms with E-state index in [1.54, 1.807) is 32.0 Å². The molecule has 3 aromatic rings. The molecular weight excluding hydrogens is 386 g/mol. The van der Waals surface area contributed by atoms with E-state index in [2.05, 4.69) is 10.3 Å². The van der Waals surface area contributed by atoms with Crippen molar-refractivity contribution in [3.05, 3.63) is 49.8 Å². The molecule has 27 heavy (non-hydrogen) atoms. The van der Waals surface area contributed by atoms with E-state index in [4.69, 9.17) is 16.3 Å². The van der Waals surface area contributed by atoms with Gasteiger partial charge in [-0.2, -0.15) is 0 Å². The summed E-state index contributed by atoms with van der Waals surface area (Å²) in [6.45, 7) is 7.28. The van der Waals surface area contributed by atoms with Crippen molar-refractivity contribution < 1.29 is 9.53 Å². The Kier molecular flexibility index (Phi) is 5.26. The molecule has 1 atom stereocenters. The Hall–Kier alpha value is -2.38. The first-order chi connectivity index (χ1) is 12.7. The van der Waals surface area contributed by atoms with Crippen LogP contribution in [0.4, 0.5) is 5.69 Å². The lowest BCUT2D eigenvalue weighted by Gasteiger charge is -2.18. The second-order valence-electron chi connectivity index (χ2n) is 6.31. The fourth-order valence-electron chi connectivity index (χ4n) is 2.97. The van der Waals surface area contributed by atoms with Gasteiger partial charge in [0.05, 0.1) is 17.5 Å². The Morgan fingerprint density at radius 3 is 2.67 bits per heavy atom. The number of amides is 1. The zero-order valence-corrected chi connectivity index (χ0v) is 17.3. The first-order valence-corrected chi connectivity index (χ1v) is 9.57. The number of carbonyl (C=O) groups is 1. The molecule has 6 nitrogen and oxygen atoms in total. The molecule has 8 heteroatoms. The van der Waals surface area contributed by atoms with Crippen LogP contribution in [-0.4, -0.2) is 22.6 Å². The third-order valence-electron chi connectivity index (χ3n) is 4.60. The molecule has 0 bridgehead atoms. The van der Waals surface area contributed by atoms with E-state index in [-0.39, 0.29) is 11.5 Å². The number of methoxy groups -OCH3 is 1. The van der Waals surface area contributed by atoms with Crippen LogP contribution in [-0.2, 0) is 4.79 Å². The molecule has 1 unspecified atom stereocenters. The maximum absolute atomic E-state index is 13.0. The maximum Gasteiger partial charge on any atom is 0.263 e. The highest BCUT2D eigenvalue weighted by Crippen LogP contribution is 2.29. The largest absolute Gasteiger partial charge is 0.495 e. The first-order valence-electron chi connectivity index (χ1n) is 8.37. The van der Waals surface area contributed by atoms with Gasteiger partial charge in [-0.25, -0.2) is 4.98 Å². The number of fused-ring (bicyclic) bond motifs is 1. The molecular formula is C19H20ClN3O3S. The summed E-state index contributed by atoms with van der Waals surface area (Å²) in [7, 11) is 1.52. The number of rotatable bonds is 4. The van der Waals surface area contributed by atoms with Crippen LogP contribution in [0.1, 0.15) is 29.2 Å². The van der Waals surface area contributed by atoms with Gasteiger partial charge >= 0.3 is 0 Å². The van der Waals surface area contributed by atoms with Gasteiger partial charge in [-0.15, -0.1) is 11.3 Å². The van der Waals surface area contributed by atoms with Crippen molar-refractivity contribution in [3.63, 3.8) is 0 Å². The number of hydrogen-bond acceptors (Lipinski definition) is 5. The molecule has 1 amide bonds. The molecule has 0 radical (unpaired) electrons. The van der Waals surface area contributed by atoms with Crippen LogP contribution in [0.15, 0.2) is 23.0 Å². The molecule has 142 valence electrons. The van der Waals surface area contributed by atoms with Gasteiger partial charge < -0.3 is 10.1 Å². The molecule has 0 aliphatic rings. The van der Waals surface area contributed by atoms with Gasteiger partial charge in [0, 0.05) is 10.6 Å². The van der Waals surface area contributed by atoms with Gasteiger partial charge in [-0.05, 0) is 51.5 Å². The van der Waals surface area contributed by atoms with Crippen molar-refractivity contribution in [2.45, 2.75) is 33.7 Å². The van der Waals surface area contributed by atoms with E-state index in [0.717, 1.165) is 10.4 Å². The number of halogens is 1. The lowest BCUT2D eigenvalue weighted by Crippen LogP contribution is -2.33. The summed E-state index contributed by atoms with van der Waals surface area (Å²) in [6.07, 6.45) is 0. The summed E-state index contributed by atoms with van der Waals surface area (Å²) in [5.74, 6) is 0.698. The number of aromatic nitrogens is 2. The fraction of sp³-hybridized carbons (Fsp3) is 0.316. The Morgan fingerprint density at radius 2 is 2.04 bits per heavy atom. The predicted octanol–water partition coefficient (Wildman–Crippen LogP) is 4.24. The minimum absolute atomic E-state index is 0.199. The van der Waals surface area contributed by atoms with Crippen LogP contribution < -0.4 is 15.6 Å². The number of carbonyl (C=O) groups excluding carboxylic acids is 1. The van der Waals surface area contributed by atoms with E-state index >= 15 is 0 Å². The van der Waals surface area contributed by atoms with Gasteiger partial charge in [-0.1, -0.05) is 11.6 Å². The lowest BCUT2D eigenvalue weighted by atomic mass is 10.2. The normalized spacial score (nSPS) is 12.2. The van der Waals surface area contributed by atoms with Crippen molar-refractivity contribution in [2.24, 2.45) is 0 Å². The first kappa shape index (κ1) is 19.4. The van der Waals surface area contributed by atoms with Gasteiger partial charge in [0.15, 0.2) is 0 Å². The van der Waals surface area contributed by atoms with Gasteiger partial charge in [0.2, 0.25) is 5.91 Å². The molecule has 0 aliphatic carbocycles. The lowest BCUT2D eigenvalue weighted by molar-refractivity contribution is -0.118. The Labute approximate surface area is 165 Å². The second kappa shape index (κ2) is 7.32. The number of anilines is 1. The average molecular weight is 406 g/mol. The molecule has 0 saturated heterocycles. The molecule has 2 heterocycles. The van der Waals surface area contributed by atoms with E-state index in [1.807, 2.05) is 13.8 Å². The Balaban J connectivity index is 1.96. The highest BCUT2D eigenvalue weighted by molar-refractivity contribution is 7.18. The molecule has 0 saturated carbocycles. The highest BCUT2D eigenvalue weighted by atomic mass is 35.5. The predicted molar refractivity (Wildman–Crippen MR) is 109 cm³/mol. The third-order valence-corrected chi connectivity index (χ3v) is 5.99. The van der Waals surface area contributed by atoms with E-state index < -0.39 is 6.04 Å². The van der Waals surface area contributed by atoms with Crippen molar-refractivity contribution in [3.8, 4) is 5.75 Å². The summed E-state index contributed by atoms with van der Waals surface area (Å²) in [4.78, 5) is 32.1. The monoisotopic (exact) mass is 405 g/mol. The minimum Gasteiger partial charge on any atom is -0.495 e. The van der Waals surface area contributed by atoms with Crippen molar-refractivity contribution in [2.75, 3.05) is 12.4 Å². The van der Waals surface area contributed by atoms with Crippen molar-refractivity contribution >= 4 is 44.7 Å². The van der Waals surface area contributed by atoms with Gasteiger partial charge in [0.25, 0.3) is 5.56 Å². The average Bonchev–Trinajstić information content (AvgIpc) is 2.89. The van der Waals surface area contributed by atoms with E-state index in [0.29, 0.717) is 32.5 Å². The molecule has 2 aromatic heterocycles. The maximum atomic E-state index is 13.0. The number of nitrogens with zero attached hydrogens (tertiary/aromatic N) is 2. The van der Waals surface area contributed by atoms with Gasteiger partial charge in [-0.3, -0.25) is 14.2 Å². The number of nitrogens with one attached hydrogen (secondary N) is 1. The standard InChI is InChI=1S/C19H20ClN3O3S/c1-9-11(3)27-18-16(9)19(25)23(12(4)21-18)10(2)17(24)22-13-6-7-15(26-5)14(20)8-13/h6-8,10H,1-5H3,(H,22,24). The molecule has 0 aliphatic heterocycles. The number of thiophene rings is 1. The molecule has 1 aromatic carbocycles. The molecule has 0 spiro atoms. The smallest absolute Gasteiger partial charge is 0.263 e. The van der Waals surface area contributed by atoms with Crippen LogP contribution in [0.3, 0.4) is 0 Å². The van der Waals surface area contributed by atoms with Gasteiger partial charge in [0.1, 0.15) is 22.4 Å². The summed E-state index contributed by atoms with van der Waals surface area (Å²) in [5.41, 5.74) is 1.24. The zero-order valence-electron chi connectivity index (χ0n) is 15.7. The number of ether oxygens (including phenoxy) is 1. The van der Waals surface area contributed by atoms with Crippen LogP contribution >= 0.6 is 22.9 Å². The number of aryl methyl sites for hydroxylation is 3. The van der Waals surface area contributed by atoms with E-state index in [9.17, 15) is 9.59 Å². The Bertz CT molecular complexity index is 1100. The van der Waals surface area contributed by atoms with Crippen molar-refractivity contribution in [1.29, 1.82) is 0 Å². The molecule has 3 rings (SSSR count). The summed E-state index contributed by atoms with van der Waals surface area (Å²) < 4.78 is 6.54. The number of benzene rings is 1. The topological polar surface area (TPSA) is 73.2 Å². The van der Waals surface area contributed by atoms with Crippen molar-refractivity contribution in [1.82, 2.24) is 9.55 Å². The molecule has 0 fully saturated rings. The van der Waals surface area contributed by atoms with E-state index in [1.165, 1.54) is 23.0 Å². The molecule has 1 N–H and O–H groups in total.